The van der Waals surface area contributed by atoms with Crippen LogP contribution >= 0.6 is 15.9 Å². The van der Waals surface area contributed by atoms with E-state index in [4.69, 9.17) is 15.9 Å². The molecule has 0 heterocycles. The number of ether oxygens (including phenoxy) is 2. The zero-order valence-electron chi connectivity index (χ0n) is 13.0. The molecule has 0 bridgehead atoms. The summed E-state index contributed by atoms with van der Waals surface area (Å²) in [6.07, 6.45) is 5.26. The summed E-state index contributed by atoms with van der Waals surface area (Å²) in [5, 5.41) is 3.54. The molecule has 1 rings (SSSR count). The standard InChI is InChI=1S/C17H24BrNO2/c1-5-9-21-17-8-7-15(18)10-14(17)11-19-16(13(3)4)12-20-6-2/h1,7-8,10,13,16,19H,6,9,11-12H2,2-4H3. The second kappa shape index (κ2) is 9.83. The summed E-state index contributed by atoms with van der Waals surface area (Å²) in [5.41, 5.74) is 1.08. The number of hydrogen-bond acceptors (Lipinski definition) is 3. The molecular weight excluding hydrogens is 330 g/mol. The fraction of sp³-hybridized carbons (Fsp3) is 0.529. The van der Waals surface area contributed by atoms with Crippen molar-refractivity contribution in [3.05, 3.63) is 28.2 Å². The van der Waals surface area contributed by atoms with Crippen LogP contribution in [0.1, 0.15) is 26.3 Å². The molecule has 21 heavy (non-hydrogen) atoms. The predicted octanol–water partition coefficient (Wildman–Crippen LogP) is 3.61. The van der Waals surface area contributed by atoms with Gasteiger partial charge in [-0.1, -0.05) is 35.7 Å². The van der Waals surface area contributed by atoms with Crippen LogP contribution in [0.3, 0.4) is 0 Å². The van der Waals surface area contributed by atoms with E-state index in [2.05, 4.69) is 47.1 Å². The monoisotopic (exact) mass is 353 g/mol. The molecule has 0 amide bonds. The Morgan fingerprint density at radius 2 is 2.14 bits per heavy atom. The number of benzene rings is 1. The first kappa shape index (κ1) is 18.0. The first-order valence-corrected chi connectivity index (χ1v) is 8.03. The minimum atomic E-state index is 0.279. The Balaban J connectivity index is 2.71. The maximum atomic E-state index is 5.59. The highest BCUT2D eigenvalue weighted by atomic mass is 79.9. The molecule has 0 aliphatic carbocycles. The van der Waals surface area contributed by atoms with Gasteiger partial charge in [0.2, 0.25) is 0 Å². The van der Waals surface area contributed by atoms with Gasteiger partial charge in [-0.3, -0.25) is 0 Å². The Kier molecular flexibility index (Phi) is 8.44. The highest BCUT2D eigenvalue weighted by Crippen LogP contribution is 2.23. The third-order valence-electron chi connectivity index (χ3n) is 3.19. The van der Waals surface area contributed by atoms with Gasteiger partial charge in [0.1, 0.15) is 12.4 Å². The van der Waals surface area contributed by atoms with Crippen molar-refractivity contribution < 1.29 is 9.47 Å². The Morgan fingerprint density at radius 1 is 1.38 bits per heavy atom. The smallest absolute Gasteiger partial charge is 0.148 e. The van der Waals surface area contributed by atoms with Gasteiger partial charge in [0.25, 0.3) is 0 Å². The van der Waals surface area contributed by atoms with Crippen molar-refractivity contribution in [3.63, 3.8) is 0 Å². The van der Waals surface area contributed by atoms with Gasteiger partial charge >= 0.3 is 0 Å². The molecule has 1 atom stereocenters. The third-order valence-corrected chi connectivity index (χ3v) is 3.69. The summed E-state index contributed by atoms with van der Waals surface area (Å²) in [6, 6.07) is 6.25. The van der Waals surface area contributed by atoms with E-state index in [9.17, 15) is 0 Å². The minimum absolute atomic E-state index is 0.279. The molecule has 1 aromatic rings. The quantitative estimate of drug-likeness (QED) is 0.688. The molecular formula is C17H24BrNO2. The lowest BCUT2D eigenvalue weighted by molar-refractivity contribution is 0.107. The Labute approximate surface area is 136 Å². The maximum Gasteiger partial charge on any atom is 0.148 e. The fourth-order valence-corrected chi connectivity index (χ4v) is 2.33. The second-order valence-corrected chi connectivity index (χ2v) is 6.05. The molecule has 3 nitrogen and oxygen atoms in total. The van der Waals surface area contributed by atoms with E-state index in [0.717, 1.165) is 28.9 Å². The SMILES string of the molecule is C#CCOc1ccc(Br)cc1CNC(COCC)C(C)C. The van der Waals surface area contributed by atoms with Crippen molar-refractivity contribution in [1.82, 2.24) is 5.32 Å². The van der Waals surface area contributed by atoms with Gasteiger partial charge in [-0.15, -0.1) is 6.42 Å². The minimum Gasteiger partial charge on any atom is -0.481 e. The first-order valence-electron chi connectivity index (χ1n) is 7.24. The molecule has 1 N–H and O–H groups in total. The van der Waals surface area contributed by atoms with E-state index in [0.29, 0.717) is 18.6 Å². The summed E-state index contributed by atoms with van der Waals surface area (Å²) in [6.45, 7) is 8.83. The molecule has 0 aromatic heterocycles. The van der Waals surface area contributed by atoms with E-state index in [1.165, 1.54) is 0 Å². The largest absolute Gasteiger partial charge is 0.481 e. The average Bonchev–Trinajstić information content (AvgIpc) is 2.46. The van der Waals surface area contributed by atoms with Crippen molar-refractivity contribution in [2.45, 2.75) is 33.4 Å². The average molecular weight is 354 g/mol. The van der Waals surface area contributed by atoms with Crippen LogP contribution in [0.5, 0.6) is 5.75 Å². The van der Waals surface area contributed by atoms with Gasteiger partial charge < -0.3 is 14.8 Å². The lowest BCUT2D eigenvalue weighted by Crippen LogP contribution is -2.37. The molecule has 0 spiro atoms. The van der Waals surface area contributed by atoms with Gasteiger partial charge in [0, 0.05) is 29.2 Å². The van der Waals surface area contributed by atoms with Crippen LogP contribution in [0.2, 0.25) is 0 Å². The normalized spacial score (nSPS) is 12.2. The number of nitrogens with one attached hydrogen (secondary N) is 1. The van der Waals surface area contributed by atoms with Crippen molar-refractivity contribution in [3.8, 4) is 18.1 Å². The molecule has 0 saturated heterocycles. The molecule has 0 fully saturated rings. The fourth-order valence-electron chi connectivity index (χ4n) is 1.92. The van der Waals surface area contributed by atoms with Crippen LogP contribution in [-0.2, 0) is 11.3 Å². The highest BCUT2D eigenvalue weighted by molar-refractivity contribution is 9.10. The lowest BCUT2D eigenvalue weighted by atomic mass is 10.0. The summed E-state index contributed by atoms with van der Waals surface area (Å²) in [5.74, 6) is 3.82. The summed E-state index contributed by atoms with van der Waals surface area (Å²) in [4.78, 5) is 0. The molecule has 116 valence electrons. The van der Waals surface area contributed by atoms with Crippen LogP contribution < -0.4 is 10.1 Å². The molecule has 0 aliphatic rings. The van der Waals surface area contributed by atoms with Crippen LogP contribution in [0.15, 0.2) is 22.7 Å². The topological polar surface area (TPSA) is 30.5 Å². The van der Waals surface area contributed by atoms with Crippen molar-refractivity contribution >= 4 is 15.9 Å². The zero-order valence-corrected chi connectivity index (χ0v) is 14.6. The number of hydrogen-bond donors (Lipinski definition) is 1. The van der Waals surface area contributed by atoms with Gasteiger partial charge in [0.15, 0.2) is 0 Å². The molecule has 1 unspecified atom stereocenters. The highest BCUT2D eigenvalue weighted by Gasteiger charge is 2.14. The number of rotatable bonds is 9. The zero-order chi connectivity index (χ0) is 15.7. The van der Waals surface area contributed by atoms with Crippen LogP contribution in [0.25, 0.3) is 0 Å². The maximum absolute atomic E-state index is 5.59. The Bertz CT molecular complexity index is 468. The van der Waals surface area contributed by atoms with Crippen molar-refractivity contribution in [2.75, 3.05) is 19.8 Å². The van der Waals surface area contributed by atoms with E-state index in [1.54, 1.807) is 0 Å². The van der Waals surface area contributed by atoms with Gasteiger partial charge in [-0.2, -0.15) is 0 Å². The summed E-state index contributed by atoms with van der Waals surface area (Å²) in [7, 11) is 0. The van der Waals surface area contributed by atoms with E-state index in [-0.39, 0.29) is 6.61 Å². The van der Waals surface area contributed by atoms with Crippen molar-refractivity contribution in [2.24, 2.45) is 5.92 Å². The molecule has 0 aliphatic heterocycles. The Hall–Kier alpha value is -1.02. The molecule has 4 heteroatoms. The van der Waals surface area contributed by atoms with E-state index in [1.807, 2.05) is 19.1 Å². The molecule has 0 saturated carbocycles. The second-order valence-electron chi connectivity index (χ2n) is 5.14. The van der Waals surface area contributed by atoms with E-state index >= 15 is 0 Å². The van der Waals surface area contributed by atoms with Crippen LogP contribution in [0, 0.1) is 18.3 Å². The lowest BCUT2D eigenvalue weighted by Gasteiger charge is -2.23. The van der Waals surface area contributed by atoms with Gasteiger partial charge in [0.05, 0.1) is 6.61 Å². The van der Waals surface area contributed by atoms with Gasteiger partial charge in [-0.05, 0) is 31.0 Å². The van der Waals surface area contributed by atoms with Gasteiger partial charge in [-0.25, -0.2) is 0 Å². The predicted molar refractivity (Wildman–Crippen MR) is 90.4 cm³/mol. The molecule has 0 radical (unpaired) electrons. The van der Waals surface area contributed by atoms with E-state index < -0.39 is 0 Å². The number of terminal acetylenes is 1. The van der Waals surface area contributed by atoms with Crippen LogP contribution in [-0.4, -0.2) is 25.9 Å². The van der Waals surface area contributed by atoms with Crippen LogP contribution in [0.4, 0.5) is 0 Å². The Morgan fingerprint density at radius 3 is 2.76 bits per heavy atom. The summed E-state index contributed by atoms with van der Waals surface area (Å²) < 4.78 is 12.1. The third kappa shape index (κ3) is 6.52. The molecule has 1 aromatic carbocycles. The van der Waals surface area contributed by atoms with Crippen molar-refractivity contribution in [1.29, 1.82) is 0 Å². The first-order chi connectivity index (χ1) is 10.1. The number of halogens is 1. The summed E-state index contributed by atoms with van der Waals surface area (Å²) >= 11 is 3.49.